The van der Waals surface area contributed by atoms with Crippen LogP contribution in [-0.4, -0.2) is 19.1 Å². The number of methoxy groups -OCH3 is 1. The smallest absolute Gasteiger partial charge is 0.246 e. The molecule has 0 aliphatic rings. The SMILES string of the molecule is CO[C@H](Cc1ccc(Cl)c(Cl)c1)C(N)=O. The average molecular weight is 248 g/mol. The van der Waals surface area contributed by atoms with Crippen LogP contribution < -0.4 is 5.73 Å². The Morgan fingerprint density at radius 3 is 2.60 bits per heavy atom. The van der Waals surface area contributed by atoms with Gasteiger partial charge in [-0.3, -0.25) is 4.79 Å². The van der Waals surface area contributed by atoms with E-state index in [1.807, 2.05) is 0 Å². The Balaban J connectivity index is 2.80. The van der Waals surface area contributed by atoms with Crippen molar-refractivity contribution >= 4 is 29.1 Å². The minimum absolute atomic E-state index is 0.392. The topological polar surface area (TPSA) is 52.3 Å². The number of nitrogens with two attached hydrogens (primary N) is 1. The van der Waals surface area contributed by atoms with E-state index in [9.17, 15) is 4.79 Å². The lowest BCUT2D eigenvalue weighted by atomic mass is 10.1. The van der Waals surface area contributed by atoms with Crippen LogP contribution >= 0.6 is 23.2 Å². The summed E-state index contributed by atoms with van der Waals surface area (Å²) in [7, 11) is 1.44. The van der Waals surface area contributed by atoms with Crippen LogP contribution in [0.4, 0.5) is 0 Å². The average Bonchev–Trinajstić information content (AvgIpc) is 2.19. The number of amides is 1. The third-order valence-corrected chi connectivity index (χ3v) is 2.75. The van der Waals surface area contributed by atoms with Crippen LogP contribution in [0, 0.1) is 0 Å². The maximum atomic E-state index is 10.9. The van der Waals surface area contributed by atoms with E-state index in [0.717, 1.165) is 5.56 Å². The molecule has 3 nitrogen and oxygen atoms in total. The van der Waals surface area contributed by atoms with E-state index in [0.29, 0.717) is 16.5 Å². The molecule has 0 aromatic heterocycles. The maximum absolute atomic E-state index is 10.9. The Bertz CT molecular complexity index is 368. The molecule has 0 fully saturated rings. The van der Waals surface area contributed by atoms with E-state index in [4.69, 9.17) is 33.7 Å². The van der Waals surface area contributed by atoms with Crippen molar-refractivity contribution in [3.05, 3.63) is 33.8 Å². The Hall–Kier alpha value is -0.770. The highest BCUT2D eigenvalue weighted by Crippen LogP contribution is 2.23. The number of ether oxygens (including phenoxy) is 1. The summed E-state index contributed by atoms with van der Waals surface area (Å²) in [6, 6.07) is 5.15. The van der Waals surface area contributed by atoms with Crippen LogP contribution in [0.5, 0.6) is 0 Å². The van der Waals surface area contributed by atoms with Crippen molar-refractivity contribution in [2.45, 2.75) is 12.5 Å². The van der Waals surface area contributed by atoms with Crippen molar-refractivity contribution in [3.8, 4) is 0 Å². The highest BCUT2D eigenvalue weighted by atomic mass is 35.5. The molecule has 15 heavy (non-hydrogen) atoms. The molecule has 0 heterocycles. The molecule has 0 aliphatic carbocycles. The highest BCUT2D eigenvalue weighted by molar-refractivity contribution is 6.42. The molecular formula is C10H11Cl2NO2. The number of hydrogen-bond donors (Lipinski definition) is 1. The molecule has 5 heteroatoms. The number of benzene rings is 1. The standard InChI is InChI=1S/C10H11Cl2NO2/c1-15-9(10(13)14)5-6-2-3-7(11)8(12)4-6/h2-4,9H,5H2,1H3,(H2,13,14)/t9-/m1/s1. The largest absolute Gasteiger partial charge is 0.371 e. The summed E-state index contributed by atoms with van der Waals surface area (Å²) in [4.78, 5) is 10.9. The van der Waals surface area contributed by atoms with Crippen LogP contribution in [0.25, 0.3) is 0 Å². The van der Waals surface area contributed by atoms with Gasteiger partial charge in [0.15, 0.2) is 0 Å². The molecule has 82 valence electrons. The fourth-order valence-corrected chi connectivity index (χ4v) is 1.50. The predicted octanol–water partition coefficient (Wildman–Crippen LogP) is 2.04. The summed E-state index contributed by atoms with van der Waals surface area (Å²) in [5, 5.41) is 0.932. The number of primary amides is 1. The molecule has 2 N–H and O–H groups in total. The first-order chi connectivity index (χ1) is 7.04. The van der Waals surface area contributed by atoms with Gasteiger partial charge in [-0.2, -0.15) is 0 Å². The van der Waals surface area contributed by atoms with Gasteiger partial charge in [0.25, 0.3) is 0 Å². The van der Waals surface area contributed by atoms with Gasteiger partial charge >= 0.3 is 0 Å². The van der Waals surface area contributed by atoms with Gasteiger partial charge in [-0.15, -0.1) is 0 Å². The summed E-state index contributed by atoms with van der Waals surface area (Å²) in [5.74, 6) is -0.497. The lowest BCUT2D eigenvalue weighted by Gasteiger charge is -2.11. The fourth-order valence-electron chi connectivity index (χ4n) is 1.18. The van der Waals surface area contributed by atoms with E-state index in [2.05, 4.69) is 0 Å². The second kappa shape index (κ2) is 5.35. The number of rotatable bonds is 4. The molecule has 0 spiro atoms. The molecule has 0 saturated carbocycles. The van der Waals surface area contributed by atoms with Crippen LogP contribution in [0.15, 0.2) is 18.2 Å². The molecule has 0 radical (unpaired) electrons. The Labute approximate surface area is 98.1 Å². The van der Waals surface area contributed by atoms with E-state index >= 15 is 0 Å². The first-order valence-electron chi connectivity index (χ1n) is 4.30. The quantitative estimate of drug-likeness (QED) is 0.886. The molecule has 1 atom stereocenters. The summed E-state index contributed by atoms with van der Waals surface area (Å²) >= 11 is 11.6. The monoisotopic (exact) mass is 247 g/mol. The lowest BCUT2D eigenvalue weighted by Crippen LogP contribution is -2.32. The zero-order chi connectivity index (χ0) is 11.4. The van der Waals surface area contributed by atoms with Gasteiger partial charge < -0.3 is 10.5 Å². The molecule has 1 rings (SSSR count). The number of hydrogen-bond acceptors (Lipinski definition) is 2. The third kappa shape index (κ3) is 3.38. The minimum atomic E-state index is -0.637. The predicted molar refractivity (Wildman–Crippen MR) is 60.2 cm³/mol. The van der Waals surface area contributed by atoms with E-state index in [-0.39, 0.29) is 0 Å². The van der Waals surface area contributed by atoms with Crippen LogP contribution in [0.2, 0.25) is 10.0 Å². The first kappa shape index (κ1) is 12.3. The second-order valence-electron chi connectivity index (χ2n) is 3.08. The van der Waals surface area contributed by atoms with Crippen molar-refractivity contribution in [2.75, 3.05) is 7.11 Å². The molecular weight excluding hydrogens is 237 g/mol. The van der Waals surface area contributed by atoms with Crippen LogP contribution in [-0.2, 0) is 16.0 Å². The van der Waals surface area contributed by atoms with Crippen LogP contribution in [0.3, 0.4) is 0 Å². The normalized spacial score (nSPS) is 12.5. The van der Waals surface area contributed by atoms with Gasteiger partial charge in [-0.25, -0.2) is 0 Å². The van der Waals surface area contributed by atoms with Gasteiger partial charge in [-0.1, -0.05) is 29.3 Å². The fraction of sp³-hybridized carbons (Fsp3) is 0.300. The maximum Gasteiger partial charge on any atom is 0.246 e. The van der Waals surface area contributed by atoms with Crippen molar-refractivity contribution in [1.82, 2.24) is 0 Å². The van der Waals surface area contributed by atoms with Gasteiger partial charge in [-0.05, 0) is 17.7 Å². The second-order valence-corrected chi connectivity index (χ2v) is 3.89. The minimum Gasteiger partial charge on any atom is -0.371 e. The summed E-state index contributed by atoms with van der Waals surface area (Å²) in [6.45, 7) is 0. The zero-order valence-corrected chi connectivity index (χ0v) is 9.68. The van der Waals surface area contributed by atoms with E-state index in [1.165, 1.54) is 7.11 Å². The zero-order valence-electron chi connectivity index (χ0n) is 8.17. The van der Waals surface area contributed by atoms with Gasteiger partial charge in [0.1, 0.15) is 6.10 Å². The Morgan fingerprint density at radius 1 is 1.47 bits per heavy atom. The number of carbonyl (C=O) groups excluding carboxylic acids is 1. The Morgan fingerprint density at radius 2 is 2.13 bits per heavy atom. The number of halogens is 2. The van der Waals surface area contributed by atoms with Gasteiger partial charge in [0, 0.05) is 13.5 Å². The summed E-state index contributed by atoms with van der Waals surface area (Å²) in [5.41, 5.74) is 6.00. The van der Waals surface area contributed by atoms with Crippen molar-refractivity contribution < 1.29 is 9.53 Å². The molecule has 0 saturated heterocycles. The van der Waals surface area contributed by atoms with Crippen molar-refractivity contribution in [3.63, 3.8) is 0 Å². The first-order valence-corrected chi connectivity index (χ1v) is 5.06. The van der Waals surface area contributed by atoms with Crippen molar-refractivity contribution in [1.29, 1.82) is 0 Å². The van der Waals surface area contributed by atoms with Crippen molar-refractivity contribution in [2.24, 2.45) is 5.73 Å². The molecule has 1 amide bonds. The van der Waals surface area contributed by atoms with Gasteiger partial charge in [0.05, 0.1) is 10.0 Å². The highest BCUT2D eigenvalue weighted by Gasteiger charge is 2.15. The molecule has 0 unspecified atom stereocenters. The summed E-state index contributed by atoms with van der Waals surface area (Å²) in [6.07, 6.45) is -0.245. The van der Waals surface area contributed by atoms with E-state index < -0.39 is 12.0 Å². The molecule has 1 aromatic rings. The van der Waals surface area contributed by atoms with Gasteiger partial charge in [0.2, 0.25) is 5.91 Å². The van der Waals surface area contributed by atoms with E-state index in [1.54, 1.807) is 18.2 Å². The lowest BCUT2D eigenvalue weighted by molar-refractivity contribution is -0.127. The third-order valence-electron chi connectivity index (χ3n) is 2.01. The molecule has 0 aliphatic heterocycles. The van der Waals surface area contributed by atoms with Crippen LogP contribution in [0.1, 0.15) is 5.56 Å². The number of carbonyl (C=O) groups is 1. The molecule has 1 aromatic carbocycles. The Kier molecular flexibility index (Phi) is 4.39. The molecule has 0 bridgehead atoms. The summed E-state index contributed by atoms with van der Waals surface area (Å²) < 4.78 is 4.94.